The molecule has 0 spiro atoms. The van der Waals surface area contributed by atoms with Gasteiger partial charge in [-0.05, 0) is 24.4 Å². The summed E-state index contributed by atoms with van der Waals surface area (Å²) in [6.07, 6.45) is 1.44. The molecule has 1 aromatic heterocycles. The maximum atomic E-state index is 10.8. The lowest BCUT2D eigenvalue weighted by Crippen LogP contribution is -2.12. The number of nitro benzene ring substituents is 1. The van der Waals surface area contributed by atoms with Crippen LogP contribution in [0.2, 0.25) is 15.4 Å². The highest BCUT2D eigenvalue weighted by molar-refractivity contribution is 6.36. The summed E-state index contributed by atoms with van der Waals surface area (Å²) in [6, 6.07) is 2.54. The predicted octanol–water partition coefficient (Wildman–Crippen LogP) is 4.02. The Morgan fingerprint density at radius 1 is 1.25 bits per heavy atom. The minimum atomic E-state index is -0.570. The third-order valence-corrected chi connectivity index (χ3v) is 4.05. The van der Waals surface area contributed by atoms with Crippen LogP contribution in [0.3, 0.4) is 0 Å². The van der Waals surface area contributed by atoms with Gasteiger partial charge in [0.15, 0.2) is 5.82 Å². The molecule has 1 heterocycles. The fourth-order valence-electron chi connectivity index (χ4n) is 2.23. The van der Waals surface area contributed by atoms with E-state index in [1.54, 1.807) is 0 Å². The van der Waals surface area contributed by atoms with E-state index < -0.39 is 10.3 Å². The molecule has 0 N–H and O–H groups in total. The van der Waals surface area contributed by atoms with Gasteiger partial charge in [0.2, 0.25) is 0 Å². The van der Waals surface area contributed by atoms with Gasteiger partial charge < -0.3 is 4.52 Å². The highest BCUT2D eigenvalue weighted by Gasteiger charge is 2.52. The molecule has 0 atom stereocenters. The van der Waals surface area contributed by atoms with E-state index in [2.05, 4.69) is 10.1 Å². The van der Waals surface area contributed by atoms with Crippen molar-refractivity contribution in [3.8, 4) is 0 Å². The average molecular weight is 335 g/mol. The summed E-state index contributed by atoms with van der Waals surface area (Å²) in [6.45, 7) is 0. The summed E-state index contributed by atoms with van der Waals surface area (Å²) in [5, 5.41) is 14.9. The van der Waals surface area contributed by atoms with Crippen LogP contribution in [-0.4, -0.2) is 15.1 Å². The first-order valence-corrected chi connectivity index (χ1v) is 6.71. The van der Waals surface area contributed by atoms with Crippen LogP contribution in [0.25, 0.3) is 0 Å². The van der Waals surface area contributed by atoms with Gasteiger partial charge in [-0.3, -0.25) is 10.1 Å². The van der Waals surface area contributed by atoms with Crippen molar-refractivity contribution in [2.45, 2.75) is 18.3 Å². The van der Waals surface area contributed by atoms with Crippen molar-refractivity contribution in [3.05, 3.63) is 49.0 Å². The average Bonchev–Trinajstić information content (AvgIpc) is 3.03. The van der Waals surface area contributed by atoms with Crippen LogP contribution in [0, 0.1) is 10.1 Å². The standard InChI is InChI=1S/C11H6Cl3N3O3/c12-6-3-5(17(18)19)4-7(13)8(6)11(1-2-11)9-15-10(14)20-16-9/h3-4H,1-2H2. The highest BCUT2D eigenvalue weighted by Crippen LogP contribution is 2.56. The van der Waals surface area contributed by atoms with Crippen molar-refractivity contribution in [1.29, 1.82) is 0 Å². The Hall–Kier alpha value is -1.37. The lowest BCUT2D eigenvalue weighted by Gasteiger charge is -2.14. The van der Waals surface area contributed by atoms with Crippen LogP contribution >= 0.6 is 34.8 Å². The molecule has 1 aromatic carbocycles. The van der Waals surface area contributed by atoms with Gasteiger partial charge in [-0.1, -0.05) is 28.4 Å². The lowest BCUT2D eigenvalue weighted by molar-refractivity contribution is -0.384. The summed E-state index contributed by atoms with van der Waals surface area (Å²) >= 11 is 17.9. The van der Waals surface area contributed by atoms with E-state index in [9.17, 15) is 10.1 Å². The third-order valence-electron chi connectivity index (χ3n) is 3.30. The van der Waals surface area contributed by atoms with Gasteiger partial charge in [0, 0.05) is 17.7 Å². The number of nitro groups is 1. The Morgan fingerprint density at radius 3 is 2.25 bits per heavy atom. The van der Waals surface area contributed by atoms with Gasteiger partial charge in [0.05, 0.1) is 20.4 Å². The summed E-state index contributed by atoms with van der Waals surface area (Å²) in [7, 11) is 0. The minimum Gasteiger partial charge on any atom is -0.321 e. The normalized spacial score (nSPS) is 16.1. The van der Waals surface area contributed by atoms with Crippen molar-refractivity contribution < 1.29 is 9.45 Å². The highest BCUT2D eigenvalue weighted by atomic mass is 35.5. The molecular weight excluding hydrogens is 328 g/mol. The number of hydrogen-bond acceptors (Lipinski definition) is 5. The van der Waals surface area contributed by atoms with E-state index >= 15 is 0 Å². The molecular formula is C11H6Cl3N3O3. The fraction of sp³-hybridized carbons (Fsp3) is 0.273. The first-order chi connectivity index (χ1) is 9.44. The number of rotatable bonds is 3. The second-order valence-electron chi connectivity index (χ2n) is 4.49. The maximum Gasteiger partial charge on any atom is 0.320 e. The summed E-state index contributed by atoms with van der Waals surface area (Å²) in [5.41, 5.74) is -0.158. The van der Waals surface area contributed by atoms with Crippen molar-refractivity contribution >= 4 is 40.5 Å². The molecule has 0 bridgehead atoms. The zero-order valence-electron chi connectivity index (χ0n) is 9.77. The Balaban J connectivity index is 2.13. The number of non-ortho nitro benzene ring substituents is 1. The minimum absolute atomic E-state index is 0.0690. The largest absolute Gasteiger partial charge is 0.321 e. The number of hydrogen-bond donors (Lipinski definition) is 0. The predicted molar refractivity (Wildman–Crippen MR) is 72.4 cm³/mol. The first-order valence-electron chi connectivity index (χ1n) is 5.58. The third kappa shape index (κ3) is 2.04. The molecule has 0 unspecified atom stereocenters. The van der Waals surface area contributed by atoms with Gasteiger partial charge in [0.25, 0.3) is 5.69 Å². The summed E-state index contributed by atoms with van der Waals surface area (Å²) in [5.74, 6) is 0.389. The molecule has 6 nitrogen and oxygen atoms in total. The quantitative estimate of drug-likeness (QED) is 0.625. The monoisotopic (exact) mass is 333 g/mol. The van der Waals surface area contributed by atoms with Crippen molar-refractivity contribution in [1.82, 2.24) is 10.1 Å². The zero-order chi connectivity index (χ0) is 14.5. The molecule has 0 amide bonds. The molecule has 2 aromatic rings. The zero-order valence-corrected chi connectivity index (χ0v) is 12.0. The van der Waals surface area contributed by atoms with Crippen LogP contribution in [0.4, 0.5) is 5.69 Å². The van der Waals surface area contributed by atoms with Crippen LogP contribution in [0.1, 0.15) is 24.2 Å². The Kier molecular flexibility index (Phi) is 3.12. The van der Waals surface area contributed by atoms with Gasteiger partial charge >= 0.3 is 5.35 Å². The Labute approximate surface area is 127 Å². The van der Waals surface area contributed by atoms with Gasteiger partial charge in [0.1, 0.15) is 0 Å². The van der Waals surface area contributed by atoms with E-state index in [1.165, 1.54) is 12.1 Å². The van der Waals surface area contributed by atoms with Gasteiger partial charge in [-0.2, -0.15) is 4.98 Å². The van der Waals surface area contributed by atoms with Gasteiger partial charge in [-0.25, -0.2) is 0 Å². The SMILES string of the molecule is O=[N+]([O-])c1cc(Cl)c(C2(c3noc(Cl)n3)CC2)c(Cl)c1. The topological polar surface area (TPSA) is 82.1 Å². The van der Waals surface area contributed by atoms with Gasteiger partial charge in [-0.15, -0.1) is 0 Å². The molecule has 1 aliphatic rings. The Morgan fingerprint density at radius 2 is 1.85 bits per heavy atom. The number of halogens is 3. The van der Waals surface area contributed by atoms with Crippen molar-refractivity contribution in [2.24, 2.45) is 0 Å². The van der Waals surface area contributed by atoms with E-state index in [-0.39, 0.29) is 21.1 Å². The molecule has 0 aliphatic heterocycles. The van der Waals surface area contributed by atoms with E-state index in [0.717, 1.165) is 12.8 Å². The van der Waals surface area contributed by atoms with Crippen molar-refractivity contribution in [3.63, 3.8) is 0 Å². The molecule has 0 saturated heterocycles. The molecule has 1 saturated carbocycles. The van der Waals surface area contributed by atoms with Crippen LogP contribution in [-0.2, 0) is 5.41 Å². The van der Waals surface area contributed by atoms with Crippen LogP contribution in [0.15, 0.2) is 16.7 Å². The molecule has 1 fully saturated rings. The van der Waals surface area contributed by atoms with E-state index in [4.69, 9.17) is 39.3 Å². The number of aromatic nitrogens is 2. The van der Waals surface area contributed by atoms with Crippen LogP contribution < -0.4 is 0 Å². The number of nitrogens with zero attached hydrogens (tertiary/aromatic N) is 3. The van der Waals surface area contributed by atoms with E-state index in [0.29, 0.717) is 11.4 Å². The molecule has 9 heteroatoms. The van der Waals surface area contributed by atoms with E-state index in [1.807, 2.05) is 0 Å². The second kappa shape index (κ2) is 4.58. The number of benzene rings is 1. The first kappa shape index (κ1) is 13.6. The summed E-state index contributed by atoms with van der Waals surface area (Å²) in [4.78, 5) is 14.2. The molecule has 104 valence electrons. The summed E-state index contributed by atoms with van der Waals surface area (Å²) < 4.78 is 4.76. The van der Waals surface area contributed by atoms with Crippen LogP contribution in [0.5, 0.6) is 0 Å². The smallest absolute Gasteiger partial charge is 0.320 e. The fourth-order valence-corrected chi connectivity index (χ4v) is 3.18. The molecule has 3 rings (SSSR count). The maximum absolute atomic E-state index is 10.8. The molecule has 1 aliphatic carbocycles. The lowest BCUT2D eigenvalue weighted by atomic mass is 9.94. The van der Waals surface area contributed by atoms with Crippen molar-refractivity contribution in [2.75, 3.05) is 0 Å². The molecule has 20 heavy (non-hydrogen) atoms. The Bertz CT molecular complexity index is 689. The molecule has 0 radical (unpaired) electrons. The second-order valence-corrected chi connectivity index (χ2v) is 5.63.